The highest BCUT2D eigenvalue weighted by atomic mass is 35.5. The van der Waals surface area contributed by atoms with E-state index in [2.05, 4.69) is 4.98 Å². The van der Waals surface area contributed by atoms with Gasteiger partial charge in [0.2, 0.25) is 0 Å². The molecule has 0 atom stereocenters. The molecule has 1 aliphatic rings. The number of aryl methyl sites for hydroxylation is 2. The van der Waals surface area contributed by atoms with Crippen molar-refractivity contribution in [1.29, 1.82) is 0 Å². The van der Waals surface area contributed by atoms with Gasteiger partial charge in [-0.1, -0.05) is 24.1 Å². The van der Waals surface area contributed by atoms with Crippen molar-refractivity contribution in [2.24, 2.45) is 0 Å². The molecule has 1 aliphatic carbocycles. The lowest BCUT2D eigenvalue weighted by Gasteiger charge is -2.11. The van der Waals surface area contributed by atoms with E-state index in [0.717, 1.165) is 48.0 Å². The third-order valence-corrected chi connectivity index (χ3v) is 4.17. The molecule has 1 N–H and O–H groups in total. The lowest BCUT2D eigenvalue weighted by Crippen LogP contribution is -2.15. The normalized spacial score (nSPS) is 15.4. The number of rotatable bonds is 0. The third-order valence-electron chi connectivity index (χ3n) is 3.86. The number of fused-ring (bicyclic) bond motifs is 2. The lowest BCUT2D eigenvalue weighted by atomic mass is 10.0. The van der Waals surface area contributed by atoms with Crippen molar-refractivity contribution in [3.05, 3.63) is 44.2 Å². The Morgan fingerprint density at radius 3 is 2.78 bits per heavy atom. The fraction of sp³-hybridized carbons (Fsp3) is 0.400. The summed E-state index contributed by atoms with van der Waals surface area (Å²) < 4.78 is 0. The van der Waals surface area contributed by atoms with Crippen molar-refractivity contribution in [2.75, 3.05) is 0 Å². The summed E-state index contributed by atoms with van der Waals surface area (Å²) in [6.45, 7) is 2.01. The van der Waals surface area contributed by atoms with Gasteiger partial charge < -0.3 is 4.98 Å². The molecule has 0 fully saturated rings. The van der Waals surface area contributed by atoms with E-state index >= 15 is 0 Å². The van der Waals surface area contributed by atoms with Gasteiger partial charge in [0.05, 0.1) is 15.9 Å². The van der Waals surface area contributed by atoms with Gasteiger partial charge in [0.1, 0.15) is 0 Å². The van der Waals surface area contributed by atoms with E-state index in [4.69, 9.17) is 11.6 Å². The van der Waals surface area contributed by atoms with Crippen LogP contribution in [0.2, 0.25) is 5.02 Å². The zero-order valence-electron chi connectivity index (χ0n) is 10.5. The maximum atomic E-state index is 12.6. The van der Waals surface area contributed by atoms with Crippen molar-refractivity contribution in [3.8, 4) is 0 Å². The lowest BCUT2D eigenvalue weighted by molar-refractivity contribution is 0.708. The summed E-state index contributed by atoms with van der Waals surface area (Å²) in [4.78, 5) is 16.0. The minimum absolute atomic E-state index is 0.134. The minimum Gasteiger partial charge on any atom is -0.358 e. The number of H-pyrrole nitrogens is 1. The van der Waals surface area contributed by atoms with Gasteiger partial charge in [0.15, 0.2) is 5.43 Å². The number of halogens is 1. The van der Waals surface area contributed by atoms with Crippen LogP contribution in [0.5, 0.6) is 0 Å². The molecule has 0 aliphatic heterocycles. The van der Waals surface area contributed by atoms with Crippen molar-refractivity contribution >= 4 is 22.5 Å². The molecule has 0 unspecified atom stereocenters. The molecule has 0 saturated carbocycles. The van der Waals surface area contributed by atoms with Crippen LogP contribution in [0.3, 0.4) is 0 Å². The van der Waals surface area contributed by atoms with Crippen LogP contribution < -0.4 is 5.43 Å². The van der Waals surface area contributed by atoms with Crippen LogP contribution in [0.4, 0.5) is 0 Å². The van der Waals surface area contributed by atoms with Gasteiger partial charge in [0.25, 0.3) is 0 Å². The van der Waals surface area contributed by atoms with Gasteiger partial charge >= 0.3 is 0 Å². The Morgan fingerprint density at radius 1 is 1.17 bits per heavy atom. The maximum absolute atomic E-state index is 12.6. The Bertz CT molecular complexity index is 672. The van der Waals surface area contributed by atoms with Gasteiger partial charge in [-0.2, -0.15) is 0 Å². The van der Waals surface area contributed by atoms with Gasteiger partial charge in [-0.15, -0.1) is 0 Å². The topological polar surface area (TPSA) is 32.9 Å². The molecule has 0 bridgehead atoms. The third kappa shape index (κ3) is 1.76. The summed E-state index contributed by atoms with van der Waals surface area (Å²) in [7, 11) is 0. The van der Waals surface area contributed by atoms with Crippen molar-refractivity contribution < 1.29 is 0 Å². The largest absolute Gasteiger partial charge is 0.358 e. The Kier molecular flexibility index (Phi) is 2.90. The summed E-state index contributed by atoms with van der Waals surface area (Å²) in [6.07, 6.45) is 5.32. The summed E-state index contributed by atoms with van der Waals surface area (Å²) >= 11 is 6.20. The first kappa shape index (κ1) is 11.8. The van der Waals surface area contributed by atoms with Crippen molar-refractivity contribution in [1.82, 2.24) is 4.98 Å². The smallest absolute Gasteiger partial charge is 0.194 e. The van der Waals surface area contributed by atoms with Gasteiger partial charge in [-0.25, -0.2) is 0 Å². The number of aromatic nitrogens is 1. The Morgan fingerprint density at radius 2 is 1.94 bits per heavy atom. The maximum Gasteiger partial charge on any atom is 0.194 e. The molecule has 0 amide bonds. The molecule has 2 nitrogen and oxygen atoms in total. The van der Waals surface area contributed by atoms with E-state index in [-0.39, 0.29) is 5.43 Å². The zero-order valence-corrected chi connectivity index (χ0v) is 11.2. The summed E-state index contributed by atoms with van der Waals surface area (Å²) in [6, 6.07) is 3.78. The van der Waals surface area contributed by atoms with Gasteiger partial charge in [-0.05, 0) is 44.2 Å². The molecule has 18 heavy (non-hydrogen) atoms. The fourth-order valence-electron chi connectivity index (χ4n) is 2.84. The summed E-state index contributed by atoms with van der Waals surface area (Å²) in [5, 5.41) is 1.22. The first-order valence-corrected chi connectivity index (χ1v) is 6.89. The zero-order chi connectivity index (χ0) is 12.7. The standard InChI is InChI=1S/C15H16ClNO/c1-9-7-8-11(16)13-14(9)17-12-6-4-2-3-5-10(12)15(13)18/h7-8H,2-6H2,1H3,(H,17,18). The Labute approximate surface area is 111 Å². The van der Waals surface area contributed by atoms with E-state index in [1.165, 1.54) is 6.42 Å². The molecule has 0 saturated heterocycles. The first-order valence-electron chi connectivity index (χ1n) is 6.51. The van der Waals surface area contributed by atoms with E-state index in [1.807, 2.05) is 19.1 Å². The number of hydrogen-bond acceptors (Lipinski definition) is 1. The first-order chi connectivity index (χ1) is 8.68. The van der Waals surface area contributed by atoms with Crippen LogP contribution in [0.15, 0.2) is 16.9 Å². The predicted molar refractivity (Wildman–Crippen MR) is 75.6 cm³/mol. The number of pyridine rings is 1. The summed E-state index contributed by atoms with van der Waals surface area (Å²) in [5.41, 5.74) is 4.20. The molecule has 94 valence electrons. The van der Waals surface area contributed by atoms with E-state index in [0.29, 0.717) is 10.4 Å². The highest BCUT2D eigenvalue weighted by Gasteiger charge is 2.16. The van der Waals surface area contributed by atoms with Gasteiger partial charge in [0, 0.05) is 11.3 Å². The molecule has 1 aromatic carbocycles. The average molecular weight is 262 g/mol. The highest BCUT2D eigenvalue weighted by Crippen LogP contribution is 2.25. The molecular weight excluding hydrogens is 246 g/mol. The monoisotopic (exact) mass is 261 g/mol. The molecule has 1 aromatic heterocycles. The average Bonchev–Trinajstić information content (AvgIpc) is 2.59. The van der Waals surface area contributed by atoms with Crippen LogP contribution >= 0.6 is 11.6 Å². The molecule has 1 heterocycles. The van der Waals surface area contributed by atoms with E-state index < -0.39 is 0 Å². The number of benzene rings is 1. The predicted octanol–water partition coefficient (Wildman–Crippen LogP) is 3.76. The Hall–Kier alpha value is -1.28. The molecule has 0 radical (unpaired) electrons. The van der Waals surface area contributed by atoms with E-state index in [1.54, 1.807) is 0 Å². The number of nitrogens with one attached hydrogen (secondary N) is 1. The number of aromatic amines is 1. The van der Waals surface area contributed by atoms with E-state index in [9.17, 15) is 4.79 Å². The summed E-state index contributed by atoms with van der Waals surface area (Å²) in [5.74, 6) is 0. The van der Waals surface area contributed by atoms with Crippen molar-refractivity contribution in [3.63, 3.8) is 0 Å². The number of hydrogen-bond donors (Lipinski definition) is 1. The quantitative estimate of drug-likeness (QED) is 0.720. The van der Waals surface area contributed by atoms with Gasteiger partial charge in [-0.3, -0.25) is 4.79 Å². The second-order valence-corrected chi connectivity index (χ2v) is 5.49. The Balaban J connectivity index is 2.42. The molecule has 2 aromatic rings. The SMILES string of the molecule is Cc1ccc(Cl)c2c(=O)c3c([nH]c12)CCCCC3. The fourth-order valence-corrected chi connectivity index (χ4v) is 3.08. The second kappa shape index (κ2) is 4.43. The van der Waals surface area contributed by atoms with Crippen LogP contribution in [0, 0.1) is 6.92 Å². The molecular formula is C15H16ClNO. The highest BCUT2D eigenvalue weighted by molar-refractivity contribution is 6.35. The van der Waals surface area contributed by atoms with Crippen LogP contribution in [0.1, 0.15) is 36.1 Å². The van der Waals surface area contributed by atoms with Crippen LogP contribution in [-0.2, 0) is 12.8 Å². The molecule has 3 rings (SSSR count). The van der Waals surface area contributed by atoms with Crippen LogP contribution in [-0.4, -0.2) is 4.98 Å². The molecule has 0 spiro atoms. The molecule has 3 heteroatoms. The van der Waals surface area contributed by atoms with Crippen LogP contribution in [0.25, 0.3) is 10.9 Å². The van der Waals surface area contributed by atoms with Crippen molar-refractivity contribution in [2.45, 2.75) is 39.0 Å². The second-order valence-electron chi connectivity index (χ2n) is 5.09. The minimum atomic E-state index is 0.134.